The van der Waals surface area contributed by atoms with Gasteiger partial charge in [0, 0.05) is 19.1 Å². The topological polar surface area (TPSA) is 15.3 Å². The number of piperidine rings is 1. The third kappa shape index (κ3) is 3.42. The molecule has 20 heavy (non-hydrogen) atoms. The van der Waals surface area contributed by atoms with E-state index < -0.39 is 0 Å². The van der Waals surface area contributed by atoms with Gasteiger partial charge in [-0.3, -0.25) is 4.90 Å². The molecule has 2 heteroatoms. The summed E-state index contributed by atoms with van der Waals surface area (Å²) in [7, 11) is 0. The van der Waals surface area contributed by atoms with Crippen LogP contribution in [0.25, 0.3) is 0 Å². The van der Waals surface area contributed by atoms with Crippen LogP contribution in [-0.2, 0) is 0 Å². The summed E-state index contributed by atoms with van der Waals surface area (Å²) in [6.07, 6.45) is 5.70. The lowest BCUT2D eigenvalue weighted by molar-refractivity contribution is 0.0502. The monoisotopic (exact) mass is 272 g/mol. The second-order valence-electron chi connectivity index (χ2n) is 6.68. The van der Waals surface area contributed by atoms with Crippen molar-refractivity contribution in [2.45, 2.75) is 38.6 Å². The summed E-state index contributed by atoms with van der Waals surface area (Å²) in [5, 5.41) is 3.46. The van der Waals surface area contributed by atoms with Crippen LogP contribution >= 0.6 is 0 Å². The van der Waals surface area contributed by atoms with Gasteiger partial charge in [0.1, 0.15) is 0 Å². The Balaban J connectivity index is 1.38. The van der Waals surface area contributed by atoms with E-state index in [1.165, 1.54) is 57.4 Å². The van der Waals surface area contributed by atoms with Crippen LogP contribution in [0.3, 0.4) is 0 Å². The van der Waals surface area contributed by atoms with E-state index in [-0.39, 0.29) is 0 Å². The fourth-order valence-corrected chi connectivity index (χ4v) is 3.69. The van der Waals surface area contributed by atoms with Crippen LogP contribution in [0, 0.1) is 11.8 Å². The Labute approximate surface area is 123 Å². The van der Waals surface area contributed by atoms with Gasteiger partial charge in [-0.1, -0.05) is 30.3 Å². The van der Waals surface area contributed by atoms with Crippen LogP contribution in [0.2, 0.25) is 0 Å². The smallest absolute Gasteiger partial charge is 0.0320 e. The van der Waals surface area contributed by atoms with E-state index in [9.17, 15) is 0 Å². The lowest BCUT2D eigenvalue weighted by atomic mass is 9.85. The molecule has 110 valence electrons. The maximum Gasteiger partial charge on any atom is 0.0320 e. The molecular formula is C18H28N2. The van der Waals surface area contributed by atoms with Crippen molar-refractivity contribution in [1.29, 1.82) is 0 Å². The number of benzene rings is 1. The molecule has 2 aliphatic rings. The fourth-order valence-electron chi connectivity index (χ4n) is 3.69. The molecule has 1 aromatic carbocycles. The van der Waals surface area contributed by atoms with E-state index in [0.29, 0.717) is 6.04 Å². The third-order valence-electron chi connectivity index (χ3n) is 5.26. The molecule has 1 aromatic rings. The standard InChI is InChI=1S/C18H28N2/c1-15(18-5-3-2-4-6-18)20-13-17(14-20)8-7-16-9-11-19-12-10-16/h2-6,15-17,19H,7-14H2,1H3/t15-/m1/s1. The van der Waals surface area contributed by atoms with E-state index in [1.807, 2.05) is 0 Å². The number of likely N-dealkylation sites (tertiary alicyclic amines) is 1. The minimum absolute atomic E-state index is 0.589. The van der Waals surface area contributed by atoms with Crippen LogP contribution < -0.4 is 5.32 Å². The predicted molar refractivity (Wildman–Crippen MR) is 84.7 cm³/mol. The number of hydrogen-bond acceptors (Lipinski definition) is 2. The third-order valence-corrected chi connectivity index (χ3v) is 5.26. The summed E-state index contributed by atoms with van der Waals surface area (Å²) in [5.74, 6) is 1.95. The molecule has 0 unspecified atom stereocenters. The van der Waals surface area contributed by atoms with E-state index >= 15 is 0 Å². The van der Waals surface area contributed by atoms with Gasteiger partial charge in [0.2, 0.25) is 0 Å². The molecule has 2 fully saturated rings. The Kier molecular flexibility index (Phi) is 4.74. The second-order valence-corrected chi connectivity index (χ2v) is 6.68. The van der Waals surface area contributed by atoms with Gasteiger partial charge in [-0.25, -0.2) is 0 Å². The van der Waals surface area contributed by atoms with E-state index in [1.54, 1.807) is 0 Å². The van der Waals surface area contributed by atoms with E-state index in [0.717, 1.165) is 11.8 Å². The molecule has 2 aliphatic heterocycles. The van der Waals surface area contributed by atoms with Crippen molar-refractivity contribution in [2.24, 2.45) is 11.8 Å². The Hall–Kier alpha value is -0.860. The molecule has 1 N–H and O–H groups in total. The lowest BCUT2D eigenvalue weighted by Crippen LogP contribution is -2.47. The second kappa shape index (κ2) is 6.73. The maximum absolute atomic E-state index is 3.46. The molecular weight excluding hydrogens is 244 g/mol. The average Bonchev–Trinajstić information content (AvgIpc) is 2.47. The summed E-state index contributed by atoms with van der Waals surface area (Å²) >= 11 is 0. The van der Waals surface area contributed by atoms with Crippen molar-refractivity contribution >= 4 is 0 Å². The molecule has 1 atom stereocenters. The molecule has 0 bridgehead atoms. The molecule has 0 aromatic heterocycles. The first-order valence-electron chi connectivity index (χ1n) is 8.32. The van der Waals surface area contributed by atoms with Gasteiger partial charge in [-0.2, -0.15) is 0 Å². The van der Waals surface area contributed by atoms with Crippen molar-refractivity contribution in [3.63, 3.8) is 0 Å². The van der Waals surface area contributed by atoms with Gasteiger partial charge < -0.3 is 5.32 Å². The van der Waals surface area contributed by atoms with Gasteiger partial charge in [0.15, 0.2) is 0 Å². The SMILES string of the molecule is C[C@H](c1ccccc1)N1CC(CCC2CCNCC2)C1. The van der Waals surface area contributed by atoms with Gasteiger partial charge in [-0.15, -0.1) is 0 Å². The van der Waals surface area contributed by atoms with Crippen molar-refractivity contribution in [3.05, 3.63) is 35.9 Å². The highest BCUT2D eigenvalue weighted by molar-refractivity contribution is 5.18. The minimum Gasteiger partial charge on any atom is -0.317 e. The summed E-state index contributed by atoms with van der Waals surface area (Å²) in [4.78, 5) is 2.63. The quantitative estimate of drug-likeness (QED) is 0.883. The number of nitrogens with one attached hydrogen (secondary N) is 1. The first kappa shape index (κ1) is 14.1. The Morgan fingerprint density at radius 2 is 1.70 bits per heavy atom. The summed E-state index contributed by atoms with van der Waals surface area (Å²) in [6.45, 7) is 7.44. The molecule has 2 heterocycles. The summed E-state index contributed by atoms with van der Waals surface area (Å²) < 4.78 is 0. The first-order valence-corrected chi connectivity index (χ1v) is 8.32. The Bertz CT molecular complexity index is 391. The van der Waals surface area contributed by atoms with Crippen LogP contribution in [-0.4, -0.2) is 31.1 Å². The highest BCUT2D eigenvalue weighted by Crippen LogP contribution is 2.32. The van der Waals surface area contributed by atoms with Crippen molar-refractivity contribution in [1.82, 2.24) is 10.2 Å². The van der Waals surface area contributed by atoms with Gasteiger partial charge in [-0.05, 0) is 63.1 Å². The van der Waals surface area contributed by atoms with Crippen molar-refractivity contribution < 1.29 is 0 Å². The van der Waals surface area contributed by atoms with Crippen LogP contribution in [0.5, 0.6) is 0 Å². The molecule has 0 radical (unpaired) electrons. The Morgan fingerprint density at radius 1 is 1.05 bits per heavy atom. The maximum atomic E-state index is 3.46. The number of hydrogen-bond donors (Lipinski definition) is 1. The predicted octanol–water partition coefficient (Wildman–Crippen LogP) is 3.46. The van der Waals surface area contributed by atoms with Crippen LogP contribution in [0.4, 0.5) is 0 Å². The first-order chi connectivity index (χ1) is 9.83. The summed E-state index contributed by atoms with van der Waals surface area (Å²) in [5.41, 5.74) is 1.46. The zero-order valence-electron chi connectivity index (χ0n) is 12.7. The van der Waals surface area contributed by atoms with Gasteiger partial charge in [0.05, 0.1) is 0 Å². The van der Waals surface area contributed by atoms with Gasteiger partial charge >= 0.3 is 0 Å². The Morgan fingerprint density at radius 3 is 2.40 bits per heavy atom. The molecule has 2 saturated heterocycles. The highest BCUT2D eigenvalue weighted by atomic mass is 15.2. The minimum atomic E-state index is 0.589. The number of nitrogens with zero attached hydrogens (tertiary/aromatic N) is 1. The normalized spacial score (nSPS) is 23.4. The molecule has 2 nitrogen and oxygen atoms in total. The van der Waals surface area contributed by atoms with Crippen LogP contribution in [0.15, 0.2) is 30.3 Å². The molecule has 3 rings (SSSR count). The largest absolute Gasteiger partial charge is 0.317 e. The van der Waals surface area contributed by atoms with Crippen LogP contribution in [0.1, 0.15) is 44.2 Å². The lowest BCUT2D eigenvalue weighted by Gasteiger charge is -2.44. The van der Waals surface area contributed by atoms with Crippen molar-refractivity contribution in [2.75, 3.05) is 26.2 Å². The fraction of sp³-hybridized carbons (Fsp3) is 0.667. The summed E-state index contributed by atoms with van der Waals surface area (Å²) in [6, 6.07) is 11.5. The van der Waals surface area contributed by atoms with Gasteiger partial charge in [0.25, 0.3) is 0 Å². The zero-order chi connectivity index (χ0) is 13.8. The van der Waals surface area contributed by atoms with E-state index in [2.05, 4.69) is 47.5 Å². The zero-order valence-corrected chi connectivity index (χ0v) is 12.7. The van der Waals surface area contributed by atoms with Crippen molar-refractivity contribution in [3.8, 4) is 0 Å². The molecule has 0 spiro atoms. The molecule has 0 aliphatic carbocycles. The average molecular weight is 272 g/mol. The molecule has 0 saturated carbocycles. The highest BCUT2D eigenvalue weighted by Gasteiger charge is 2.30. The number of rotatable bonds is 5. The molecule has 0 amide bonds. The van der Waals surface area contributed by atoms with E-state index in [4.69, 9.17) is 0 Å².